The molecule has 0 atom stereocenters. The van der Waals surface area contributed by atoms with E-state index in [1.807, 2.05) is 23.1 Å². The molecule has 0 spiro atoms. The van der Waals surface area contributed by atoms with E-state index in [1.165, 1.54) is 5.56 Å². The highest BCUT2D eigenvalue weighted by molar-refractivity contribution is 6.05. The third-order valence-electron chi connectivity index (χ3n) is 5.34. The molecule has 1 heterocycles. The van der Waals surface area contributed by atoms with Crippen molar-refractivity contribution in [3.8, 4) is 12.3 Å². The second-order valence-corrected chi connectivity index (χ2v) is 7.69. The average molecular weight is 433 g/mol. The summed E-state index contributed by atoms with van der Waals surface area (Å²) in [5.74, 6) is 2.40. The Kier molecular flexibility index (Phi) is 7.63. The number of amidine groups is 1. The van der Waals surface area contributed by atoms with Crippen LogP contribution in [0.5, 0.6) is 0 Å². The summed E-state index contributed by atoms with van der Waals surface area (Å²) in [7, 11) is 1.77. The molecule has 166 valence electrons. The standard InChI is InChI=1S/C25H28N4O3/c1-4-13-28(3)24(26)19-8-10-22(11-9-19)27-25(31)20-7-6-18-12-14-29(16-21(18)15-20)17-23(30)32-5-2/h1,6-11,15,26H,5,12-14,16-17H2,2-3H3,(H,27,31). The molecule has 2 aromatic carbocycles. The molecule has 0 aliphatic carbocycles. The highest BCUT2D eigenvalue weighted by atomic mass is 16.5. The van der Waals surface area contributed by atoms with Crippen LogP contribution >= 0.6 is 0 Å². The van der Waals surface area contributed by atoms with Crippen molar-refractivity contribution < 1.29 is 14.3 Å². The lowest BCUT2D eigenvalue weighted by molar-refractivity contribution is -0.144. The second kappa shape index (κ2) is 10.6. The quantitative estimate of drug-likeness (QED) is 0.304. The molecule has 1 aliphatic rings. The van der Waals surface area contributed by atoms with Gasteiger partial charge in [-0.1, -0.05) is 12.0 Å². The van der Waals surface area contributed by atoms with Crippen LogP contribution in [-0.4, -0.2) is 60.8 Å². The summed E-state index contributed by atoms with van der Waals surface area (Å²) >= 11 is 0. The number of esters is 1. The first-order valence-electron chi connectivity index (χ1n) is 10.6. The van der Waals surface area contributed by atoms with Gasteiger partial charge < -0.3 is 15.0 Å². The van der Waals surface area contributed by atoms with E-state index in [0.717, 1.165) is 24.1 Å². The summed E-state index contributed by atoms with van der Waals surface area (Å²) in [5.41, 5.74) is 4.17. The maximum atomic E-state index is 12.8. The number of amides is 1. The van der Waals surface area contributed by atoms with Crippen LogP contribution in [0.1, 0.15) is 34.0 Å². The predicted octanol–water partition coefficient (Wildman–Crippen LogP) is 2.75. The van der Waals surface area contributed by atoms with Crippen LogP contribution in [0.25, 0.3) is 0 Å². The molecule has 0 saturated carbocycles. The first-order valence-corrected chi connectivity index (χ1v) is 10.6. The molecular weight excluding hydrogens is 404 g/mol. The monoisotopic (exact) mass is 432 g/mol. The van der Waals surface area contributed by atoms with Gasteiger partial charge in [0.1, 0.15) is 5.84 Å². The van der Waals surface area contributed by atoms with Gasteiger partial charge in [-0.25, -0.2) is 0 Å². The molecule has 0 fully saturated rings. The van der Waals surface area contributed by atoms with Crippen LogP contribution in [-0.2, 0) is 22.5 Å². The molecule has 3 rings (SSSR count). The molecule has 0 unspecified atom stereocenters. The van der Waals surface area contributed by atoms with Gasteiger partial charge in [-0.05, 0) is 60.9 Å². The third-order valence-corrected chi connectivity index (χ3v) is 5.34. The van der Waals surface area contributed by atoms with Gasteiger partial charge in [0.05, 0.1) is 19.7 Å². The highest BCUT2D eigenvalue weighted by Gasteiger charge is 2.20. The van der Waals surface area contributed by atoms with Crippen molar-refractivity contribution in [2.75, 3.05) is 38.6 Å². The molecule has 0 radical (unpaired) electrons. The first-order chi connectivity index (χ1) is 15.4. The molecule has 0 aromatic heterocycles. The van der Waals surface area contributed by atoms with Gasteiger partial charge in [-0.3, -0.25) is 19.9 Å². The molecule has 7 nitrogen and oxygen atoms in total. The van der Waals surface area contributed by atoms with Gasteiger partial charge in [0.15, 0.2) is 0 Å². The Bertz CT molecular complexity index is 1040. The Balaban J connectivity index is 1.64. The van der Waals surface area contributed by atoms with Crippen molar-refractivity contribution >= 4 is 23.4 Å². The Hall–Kier alpha value is -3.63. The summed E-state index contributed by atoms with van der Waals surface area (Å²) in [6, 6.07) is 12.8. The number of fused-ring (bicyclic) bond motifs is 1. The van der Waals surface area contributed by atoms with Crippen LogP contribution in [0.3, 0.4) is 0 Å². The number of nitrogens with one attached hydrogen (secondary N) is 2. The second-order valence-electron chi connectivity index (χ2n) is 7.69. The van der Waals surface area contributed by atoms with Crippen molar-refractivity contribution in [3.63, 3.8) is 0 Å². The smallest absolute Gasteiger partial charge is 0.320 e. The van der Waals surface area contributed by atoms with Crippen LogP contribution in [0, 0.1) is 17.8 Å². The fraction of sp³-hybridized carbons (Fsp3) is 0.320. The van der Waals surface area contributed by atoms with Crippen LogP contribution in [0.15, 0.2) is 42.5 Å². The Morgan fingerprint density at radius 2 is 1.91 bits per heavy atom. The number of hydrogen-bond donors (Lipinski definition) is 2. The van der Waals surface area contributed by atoms with E-state index in [-0.39, 0.29) is 18.4 Å². The van der Waals surface area contributed by atoms with E-state index in [1.54, 1.807) is 43.1 Å². The fourth-order valence-corrected chi connectivity index (χ4v) is 3.63. The van der Waals surface area contributed by atoms with E-state index < -0.39 is 0 Å². The molecule has 2 aromatic rings. The van der Waals surface area contributed by atoms with Gasteiger partial charge in [0.2, 0.25) is 0 Å². The number of anilines is 1. The average Bonchev–Trinajstić information content (AvgIpc) is 2.79. The zero-order valence-electron chi connectivity index (χ0n) is 18.5. The fourth-order valence-electron chi connectivity index (χ4n) is 3.63. The number of nitrogens with zero attached hydrogens (tertiary/aromatic N) is 2. The Morgan fingerprint density at radius 1 is 1.19 bits per heavy atom. The number of terminal acetylenes is 1. The van der Waals surface area contributed by atoms with Crippen LogP contribution in [0.4, 0.5) is 5.69 Å². The van der Waals surface area contributed by atoms with Gasteiger partial charge >= 0.3 is 5.97 Å². The Labute approximate surface area is 188 Å². The molecule has 32 heavy (non-hydrogen) atoms. The summed E-state index contributed by atoms with van der Waals surface area (Å²) in [5, 5.41) is 11.1. The lowest BCUT2D eigenvalue weighted by Crippen LogP contribution is -2.35. The summed E-state index contributed by atoms with van der Waals surface area (Å²) < 4.78 is 5.04. The number of hydrogen-bond acceptors (Lipinski definition) is 5. The van der Waals surface area contributed by atoms with Gasteiger partial charge in [0, 0.05) is 37.0 Å². The Morgan fingerprint density at radius 3 is 2.59 bits per heavy atom. The normalized spacial score (nSPS) is 12.9. The number of carbonyl (C=O) groups excluding carboxylic acids is 2. The van der Waals surface area contributed by atoms with E-state index in [0.29, 0.717) is 36.8 Å². The van der Waals surface area contributed by atoms with Gasteiger partial charge in [0.25, 0.3) is 5.91 Å². The highest BCUT2D eigenvalue weighted by Crippen LogP contribution is 2.21. The minimum absolute atomic E-state index is 0.206. The van der Waals surface area contributed by atoms with Gasteiger partial charge in [-0.2, -0.15) is 0 Å². The maximum Gasteiger partial charge on any atom is 0.320 e. The van der Waals surface area contributed by atoms with E-state index in [2.05, 4.69) is 11.2 Å². The SMILES string of the molecule is C#CCN(C)C(=N)c1ccc(NC(=O)c2ccc3c(c2)CN(CC(=O)OCC)CC3)cc1. The topological polar surface area (TPSA) is 85.7 Å². The molecule has 2 N–H and O–H groups in total. The molecule has 0 bridgehead atoms. The minimum atomic E-state index is -0.230. The molecular formula is C25H28N4O3. The van der Waals surface area contributed by atoms with Crippen LogP contribution < -0.4 is 5.32 Å². The minimum Gasteiger partial charge on any atom is -0.465 e. The zero-order valence-corrected chi connectivity index (χ0v) is 18.5. The zero-order chi connectivity index (χ0) is 23.1. The predicted molar refractivity (Wildman–Crippen MR) is 125 cm³/mol. The summed E-state index contributed by atoms with van der Waals surface area (Å²) in [6.07, 6.45) is 6.14. The van der Waals surface area contributed by atoms with Crippen molar-refractivity contribution in [1.82, 2.24) is 9.80 Å². The van der Waals surface area contributed by atoms with Crippen molar-refractivity contribution in [3.05, 3.63) is 64.7 Å². The molecule has 0 saturated heterocycles. The van der Waals surface area contributed by atoms with Crippen molar-refractivity contribution in [2.45, 2.75) is 19.9 Å². The third kappa shape index (κ3) is 5.74. The summed E-state index contributed by atoms with van der Waals surface area (Å²) in [6.45, 7) is 4.17. The molecule has 7 heteroatoms. The largest absolute Gasteiger partial charge is 0.465 e. The van der Waals surface area contributed by atoms with Gasteiger partial charge in [-0.15, -0.1) is 6.42 Å². The van der Waals surface area contributed by atoms with E-state index >= 15 is 0 Å². The van der Waals surface area contributed by atoms with Crippen LogP contribution in [0.2, 0.25) is 0 Å². The summed E-state index contributed by atoms with van der Waals surface area (Å²) in [4.78, 5) is 28.3. The maximum absolute atomic E-state index is 12.8. The van der Waals surface area contributed by atoms with E-state index in [4.69, 9.17) is 16.6 Å². The number of rotatable bonds is 7. The number of carbonyl (C=O) groups is 2. The molecule has 1 amide bonds. The lowest BCUT2D eigenvalue weighted by Gasteiger charge is -2.28. The first kappa shape index (κ1) is 23.0. The lowest BCUT2D eigenvalue weighted by atomic mass is 9.97. The van der Waals surface area contributed by atoms with E-state index in [9.17, 15) is 9.59 Å². The number of benzene rings is 2. The van der Waals surface area contributed by atoms with Crippen molar-refractivity contribution in [1.29, 1.82) is 5.41 Å². The number of ether oxygens (including phenoxy) is 1. The van der Waals surface area contributed by atoms with Crippen molar-refractivity contribution in [2.24, 2.45) is 0 Å². The molecule has 1 aliphatic heterocycles.